The molecule has 0 bridgehead atoms. The van der Waals surface area contributed by atoms with Gasteiger partial charge in [0, 0.05) is 17.1 Å². The summed E-state index contributed by atoms with van der Waals surface area (Å²) in [5, 5.41) is 1.31. The zero-order chi connectivity index (χ0) is 12.7. The molecule has 0 spiro atoms. The Morgan fingerprint density at radius 3 is 2.94 bits per heavy atom. The average Bonchev–Trinajstić information content (AvgIpc) is 2.75. The van der Waals surface area contributed by atoms with Gasteiger partial charge in [-0.1, -0.05) is 11.6 Å². The van der Waals surface area contributed by atoms with Crippen LogP contribution in [0.4, 0.5) is 0 Å². The number of H-pyrrole nitrogens is 2. The zero-order valence-corrected chi connectivity index (χ0v) is 11.2. The Bertz CT molecular complexity index is 795. The van der Waals surface area contributed by atoms with Crippen molar-refractivity contribution in [3.8, 4) is 11.3 Å². The fourth-order valence-electron chi connectivity index (χ4n) is 1.78. The van der Waals surface area contributed by atoms with Gasteiger partial charge in [0.15, 0.2) is 0 Å². The summed E-state index contributed by atoms with van der Waals surface area (Å²) >= 11 is 9.37. The molecule has 3 aromatic heterocycles. The summed E-state index contributed by atoms with van der Waals surface area (Å²) in [6.07, 6.45) is 4.82. The molecule has 0 aliphatic carbocycles. The largest absolute Gasteiger partial charge is 0.359 e. The maximum absolute atomic E-state index is 11.3. The quantitative estimate of drug-likeness (QED) is 0.676. The van der Waals surface area contributed by atoms with Crippen LogP contribution in [-0.2, 0) is 0 Å². The predicted molar refractivity (Wildman–Crippen MR) is 72.7 cm³/mol. The van der Waals surface area contributed by atoms with Crippen LogP contribution in [0.5, 0.6) is 0 Å². The number of rotatable bonds is 1. The van der Waals surface area contributed by atoms with Crippen molar-refractivity contribution in [1.29, 1.82) is 0 Å². The van der Waals surface area contributed by atoms with Crippen LogP contribution in [0, 0.1) is 0 Å². The molecule has 3 aromatic rings. The normalized spacial score (nSPS) is 11.0. The van der Waals surface area contributed by atoms with E-state index in [2.05, 4.69) is 35.9 Å². The van der Waals surface area contributed by atoms with Crippen molar-refractivity contribution < 1.29 is 0 Å². The molecule has 18 heavy (non-hydrogen) atoms. The monoisotopic (exact) mass is 324 g/mol. The van der Waals surface area contributed by atoms with Crippen LogP contribution >= 0.6 is 27.5 Å². The van der Waals surface area contributed by atoms with Gasteiger partial charge in [-0.2, -0.15) is 0 Å². The highest BCUT2D eigenvalue weighted by Gasteiger charge is 2.11. The number of aromatic amines is 2. The molecule has 0 radical (unpaired) electrons. The zero-order valence-electron chi connectivity index (χ0n) is 8.87. The second-order valence-electron chi connectivity index (χ2n) is 3.67. The topological polar surface area (TPSA) is 74.4 Å². The Morgan fingerprint density at radius 2 is 2.11 bits per heavy atom. The molecular weight excluding hydrogens is 320 g/mol. The molecule has 0 aliphatic heterocycles. The summed E-state index contributed by atoms with van der Waals surface area (Å²) in [4.78, 5) is 24.7. The van der Waals surface area contributed by atoms with E-state index in [0.29, 0.717) is 15.3 Å². The van der Waals surface area contributed by atoms with Gasteiger partial charge < -0.3 is 9.97 Å². The lowest BCUT2D eigenvalue weighted by Gasteiger charge is -2.01. The highest BCUT2D eigenvalue weighted by atomic mass is 79.9. The molecule has 90 valence electrons. The lowest BCUT2D eigenvalue weighted by molar-refractivity contribution is 1.08. The molecule has 0 saturated carbocycles. The molecule has 0 aromatic carbocycles. The standard InChI is InChI=1S/C11H6BrClN4O/c12-9-1-5-6(2-14-8(5)4-15-9)10-7(13)3-16-11(18)17-10/h1-4,14H,(H,16,17,18). The summed E-state index contributed by atoms with van der Waals surface area (Å²) in [5.41, 5.74) is 1.78. The van der Waals surface area contributed by atoms with Crippen LogP contribution < -0.4 is 5.69 Å². The van der Waals surface area contributed by atoms with Crippen LogP contribution in [0.15, 0.2) is 34.1 Å². The van der Waals surface area contributed by atoms with Gasteiger partial charge in [-0.05, 0) is 22.0 Å². The van der Waals surface area contributed by atoms with Crippen molar-refractivity contribution in [2.45, 2.75) is 0 Å². The summed E-state index contributed by atoms with van der Waals surface area (Å²) in [6.45, 7) is 0. The molecular formula is C11H6BrClN4O. The first-order chi connectivity index (χ1) is 8.65. The van der Waals surface area contributed by atoms with E-state index in [1.165, 1.54) is 6.20 Å². The first kappa shape index (κ1) is 11.4. The van der Waals surface area contributed by atoms with E-state index in [1.807, 2.05) is 6.07 Å². The van der Waals surface area contributed by atoms with E-state index in [0.717, 1.165) is 16.5 Å². The van der Waals surface area contributed by atoms with Crippen molar-refractivity contribution in [1.82, 2.24) is 19.9 Å². The molecule has 7 heteroatoms. The maximum Gasteiger partial charge on any atom is 0.345 e. The highest BCUT2D eigenvalue weighted by molar-refractivity contribution is 9.10. The SMILES string of the molecule is O=c1ncc(Cl)c(-c2c[nH]c3cnc(Br)cc23)[nH]1. The first-order valence-electron chi connectivity index (χ1n) is 5.03. The third kappa shape index (κ3) is 1.83. The second-order valence-corrected chi connectivity index (χ2v) is 4.89. The Balaban J connectivity index is 2.34. The Kier molecular flexibility index (Phi) is 2.68. The summed E-state index contributed by atoms with van der Waals surface area (Å²) in [5.74, 6) is 0. The lowest BCUT2D eigenvalue weighted by Crippen LogP contribution is -2.10. The third-order valence-electron chi connectivity index (χ3n) is 2.57. The summed E-state index contributed by atoms with van der Waals surface area (Å²) in [6, 6.07) is 1.86. The van der Waals surface area contributed by atoms with Crippen LogP contribution in [-0.4, -0.2) is 19.9 Å². The number of hydrogen-bond donors (Lipinski definition) is 2. The maximum atomic E-state index is 11.3. The van der Waals surface area contributed by atoms with E-state index in [4.69, 9.17) is 11.6 Å². The van der Waals surface area contributed by atoms with E-state index in [9.17, 15) is 4.79 Å². The smallest absolute Gasteiger partial charge is 0.345 e. The molecule has 0 atom stereocenters. The number of halogens is 2. The minimum atomic E-state index is -0.433. The number of aromatic nitrogens is 4. The minimum absolute atomic E-state index is 0.392. The van der Waals surface area contributed by atoms with Gasteiger partial charge >= 0.3 is 5.69 Å². The number of nitrogens with one attached hydrogen (secondary N) is 2. The summed E-state index contributed by atoms with van der Waals surface area (Å²) in [7, 11) is 0. The highest BCUT2D eigenvalue weighted by Crippen LogP contribution is 2.31. The molecule has 3 heterocycles. The van der Waals surface area contributed by atoms with Gasteiger partial charge in [0.1, 0.15) is 4.60 Å². The van der Waals surface area contributed by atoms with E-state index < -0.39 is 5.69 Å². The van der Waals surface area contributed by atoms with E-state index >= 15 is 0 Å². The number of nitrogens with zero attached hydrogens (tertiary/aromatic N) is 2. The van der Waals surface area contributed by atoms with Crippen molar-refractivity contribution in [2.24, 2.45) is 0 Å². The van der Waals surface area contributed by atoms with Crippen LogP contribution in [0.1, 0.15) is 0 Å². The minimum Gasteiger partial charge on any atom is -0.359 e. The molecule has 5 nitrogen and oxygen atoms in total. The molecule has 0 fully saturated rings. The molecule has 0 amide bonds. The van der Waals surface area contributed by atoms with E-state index in [1.54, 1.807) is 12.4 Å². The van der Waals surface area contributed by atoms with Gasteiger partial charge in [0.25, 0.3) is 0 Å². The van der Waals surface area contributed by atoms with Gasteiger partial charge in [-0.3, -0.25) is 0 Å². The third-order valence-corrected chi connectivity index (χ3v) is 3.29. The molecule has 3 rings (SSSR count). The lowest BCUT2D eigenvalue weighted by atomic mass is 10.1. The van der Waals surface area contributed by atoms with Gasteiger partial charge in [-0.25, -0.2) is 14.8 Å². The van der Waals surface area contributed by atoms with Crippen molar-refractivity contribution >= 4 is 38.4 Å². The average molecular weight is 326 g/mol. The Hall–Kier alpha value is -1.66. The molecule has 0 aliphatic rings. The van der Waals surface area contributed by atoms with E-state index in [-0.39, 0.29) is 0 Å². The van der Waals surface area contributed by atoms with Crippen LogP contribution in [0.2, 0.25) is 5.02 Å². The fourth-order valence-corrected chi connectivity index (χ4v) is 2.31. The Morgan fingerprint density at radius 1 is 1.28 bits per heavy atom. The van der Waals surface area contributed by atoms with Crippen LogP contribution in [0.25, 0.3) is 22.2 Å². The first-order valence-corrected chi connectivity index (χ1v) is 6.20. The van der Waals surface area contributed by atoms with Gasteiger partial charge in [-0.15, -0.1) is 0 Å². The fraction of sp³-hybridized carbons (Fsp3) is 0. The van der Waals surface area contributed by atoms with Crippen molar-refractivity contribution in [3.05, 3.63) is 44.8 Å². The molecule has 0 unspecified atom stereocenters. The molecule has 0 saturated heterocycles. The molecule has 2 N–H and O–H groups in total. The van der Waals surface area contributed by atoms with Crippen molar-refractivity contribution in [3.63, 3.8) is 0 Å². The predicted octanol–water partition coefficient (Wildman–Crippen LogP) is 2.73. The number of hydrogen-bond acceptors (Lipinski definition) is 3. The van der Waals surface area contributed by atoms with Crippen LogP contribution in [0.3, 0.4) is 0 Å². The second kappa shape index (κ2) is 4.22. The summed E-state index contributed by atoms with van der Waals surface area (Å²) < 4.78 is 0.711. The van der Waals surface area contributed by atoms with Crippen molar-refractivity contribution in [2.75, 3.05) is 0 Å². The Labute approximate surface area is 114 Å². The number of pyridine rings is 1. The van der Waals surface area contributed by atoms with Gasteiger partial charge in [0.05, 0.1) is 28.6 Å². The number of fused-ring (bicyclic) bond motifs is 1. The van der Waals surface area contributed by atoms with Gasteiger partial charge in [0.2, 0.25) is 0 Å².